The van der Waals surface area contributed by atoms with Crippen LogP contribution in [0.5, 0.6) is 11.5 Å². The fourth-order valence-electron chi connectivity index (χ4n) is 2.96. The van der Waals surface area contributed by atoms with Gasteiger partial charge in [-0.1, -0.05) is 24.3 Å². The Morgan fingerprint density at radius 2 is 1.56 bits per heavy atom. The van der Waals surface area contributed by atoms with E-state index in [1.165, 1.54) is 43.3 Å². The second-order valence-corrected chi connectivity index (χ2v) is 7.30. The highest BCUT2D eigenvalue weighted by molar-refractivity contribution is 6.00. The lowest BCUT2D eigenvalue weighted by Crippen LogP contribution is -2.20. The van der Waals surface area contributed by atoms with E-state index in [1.54, 1.807) is 18.2 Å². The van der Waals surface area contributed by atoms with Crippen LogP contribution in [-0.4, -0.2) is 36.8 Å². The molecule has 8 nitrogen and oxygen atoms in total. The van der Waals surface area contributed by atoms with Gasteiger partial charge in [-0.05, 0) is 61.0 Å². The van der Waals surface area contributed by atoms with Crippen LogP contribution in [-0.2, 0) is 14.3 Å². The standard InChI is InChI=1S/C26H23NO7/c1-17-6-3-4-9-24(17)32-16-25(30)27-21-8-5-7-20(14-21)26(31)33-15-23(29)19-10-12-22(13-11-19)34-18(2)28/h3-14H,15-16H2,1-2H3,(H,27,30). The highest BCUT2D eigenvalue weighted by Gasteiger charge is 2.14. The smallest absolute Gasteiger partial charge is 0.338 e. The third-order valence-corrected chi connectivity index (χ3v) is 4.61. The molecule has 174 valence electrons. The third kappa shape index (κ3) is 7.03. The summed E-state index contributed by atoms with van der Waals surface area (Å²) in [6.07, 6.45) is 0. The van der Waals surface area contributed by atoms with Crippen molar-refractivity contribution in [3.8, 4) is 11.5 Å². The van der Waals surface area contributed by atoms with Gasteiger partial charge in [0.1, 0.15) is 11.5 Å². The molecule has 3 aromatic carbocycles. The molecule has 0 fully saturated rings. The molecule has 0 saturated carbocycles. The van der Waals surface area contributed by atoms with Gasteiger partial charge in [0.2, 0.25) is 0 Å². The first-order chi connectivity index (χ1) is 16.3. The maximum atomic E-state index is 12.4. The second-order valence-electron chi connectivity index (χ2n) is 7.30. The molecule has 34 heavy (non-hydrogen) atoms. The van der Waals surface area contributed by atoms with Gasteiger partial charge < -0.3 is 19.5 Å². The molecule has 0 aromatic heterocycles. The Hall–Kier alpha value is -4.46. The van der Waals surface area contributed by atoms with Crippen LogP contribution in [0.15, 0.2) is 72.8 Å². The summed E-state index contributed by atoms with van der Waals surface area (Å²) in [6, 6.07) is 19.4. The Balaban J connectivity index is 1.51. The maximum Gasteiger partial charge on any atom is 0.338 e. The monoisotopic (exact) mass is 461 g/mol. The number of hydrogen-bond acceptors (Lipinski definition) is 7. The number of benzene rings is 3. The van der Waals surface area contributed by atoms with Crippen LogP contribution < -0.4 is 14.8 Å². The van der Waals surface area contributed by atoms with Gasteiger partial charge in [-0.3, -0.25) is 14.4 Å². The predicted octanol–water partition coefficient (Wildman–Crippen LogP) is 3.98. The molecule has 0 aliphatic heterocycles. The summed E-state index contributed by atoms with van der Waals surface area (Å²) < 4.78 is 15.5. The number of hydrogen-bond donors (Lipinski definition) is 1. The van der Waals surface area contributed by atoms with Crippen LogP contribution in [0.4, 0.5) is 5.69 Å². The molecule has 0 bridgehead atoms. The van der Waals surface area contributed by atoms with E-state index in [2.05, 4.69) is 5.32 Å². The molecule has 0 radical (unpaired) electrons. The second kappa shape index (κ2) is 11.4. The van der Waals surface area contributed by atoms with Gasteiger partial charge in [0, 0.05) is 18.2 Å². The molecule has 3 aromatic rings. The Bertz CT molecular complexity index is 1200. The number of carbonyl (C=O) groups is 4. The van der Waals surface area contributed by atoms with E-state index < -0.39 is 24.3 Å². The lowest BCUT2D eigenvalue weighted by atomic mass is 10.1. The Labute approximate surface area is 196 Å². The molecule has 8 heteroatoms. The normalized spacial score (nSPS) is 10.2. The molecule has 0 atom stereocenters. The zero-order valence-corrected chi connectivity index (χ0v) is 18.7. The minimum Gasteiger partial charge on any atom is -0.483 e. The molecule has 0 aliphatic rings. The van der Waals surface area contributed by atoms with Crippen LogP contribution in [0.2, 0.25) is 0 Å². The first-order valence-electron chi connectivity index (χ1n) is 10.4. The zero-order chi connectivity index (χ0) is 24.5. The summed E-state index contributed by atoms with van der Waals surface area (Å²) in [5, 5.41) is 2.66. The topological polar surface area (TPSA) is 108 Å². The van der Waals surface area contributed by atoms with Crippen LogP contribution in [0, 0.1) is 6.92 Å². The average Bonchev–Trinajstić information content (AvgIpc) is 2.82. The van der Waals surface area contributed by atoms with Gasteiger partial charge in [-0.2, -0.15) is 0 Å². The SMILES string of the molecule is CC(=O)Oc1ccc(C(=O)COC(=O)c2cccc(NC(=O)COc3ccccc3C)c2)cc1. The Morgan fingerprint density at radius 3 is 2.26 bits per heavy atom. The van der Waals surface area contributed by atoms with Crippen LogP contribution in [0.3, 0.4) is 0 Å². The number of rotatable bonds is 9. The van der Waals surface area contributed by atoms with Crippen molar-refractivity contribution in [2.24, 2.45) is 0 Å². The number of amides is 1. The molecule has 1 amide bonds. The minimum absolute atomic E-state index is 0.177. The molecular weight excluding hydrogens is 438 g/mol. The van der Waals surface area contributed by atoms with E-state index in [-0.39, 0.29) is 18.1 Å². The lowest BCUT2D eigenvalue weighted by molar-refractivity contribution is -0.131. The number of Topliss-reactive ketones (excluding diaryl/α,β-unsaturated/α-hetero) is 1. The summed E-state index contributed by atoms with van der Waals surface area (Å²) in [5.74, 6) is -1.06. The summed E-state index contributed by atoms with van der Waals surface area (Å²) >= 11 is 0. The number of esters is 2. The molecule has 0 heterocycles. The van der Waals surface area contributed by atoms with E-state index in [0.717, 1.165) is 5.56 Å². The zero-order valence-electron chi connectivity index (χ0n) is 18.7. The van der Waals surface area contributed by atoms with Crippen molar-refractivity contribution in [2.45, 2.75) is 13.8 Å². The van der Waals surface area contributed by atoms with Crippen molar-refractivity contribution in [2.75, 3.05) is 18.5 Å². The number of nitrogens with one attached hydrogen (secondary N) is 1. The van der Waals surface area contributed by atoms with Gasteiger partial charge in [0.25, 0.3) is 5.91 Å². The summed E-state index contributed by atoms with van der Waals surface area (Å²) in [6.45, 7) is 2.50. The highest BCUT2D eigenvalue weighted by Crippen LogP contribution is 2.17. The van der Waals surface area contributed by atoms with Crippen molar-refractivity contribution in [3.63, 3.8) is 0 Å². The number of anilines is 1. The highest BCUT2D eigenvalue weighted by atomic mass is 16.5. The number of para-hydroxylation sites is 1. The maximum absolute atomic E-state index is 12.4. The summed E-state index contributed by atoms with van der Waals surface area (Å²) in [7, 11) is 0. The Morgan fingerprint density at radius 1 is 0.824 bits per heavy atom. The molecule has 1 N–H and O–H groups in total. The largest absolute Gasteiger partial charge is 0.483 e. The van der Waals surface area contributed by atoms with E-state index in [9.17, 15) is 19.2 Å². The molecule has 0 spiro atoms. The summed E-state index contributed by atoms with van der Waals surface area (Å²) in [5.41, 5.74) is 1.78. The van der Waals surface area contributed by atoms with Gasteiger partial charge in [-0.15, -0.1) is 0 Å². The molecule has 0 aliphatic carbocycles. The average molecular weight is 461 g/mol. The quantitative estimate of drug-likeness (QED) is 0.292. The fourth-order valence-corrected chi connectivity index (χ4v) is 2.96. The van der Waals surface area contributed by atoms with Gasteiger partial charge in [-0.25, -0.2) is 4.79 Å². The molecule has 0 saturated heterocycles. The third-order valence-electron chi connectivity index (χ3n) is 4.61. The fraction of sp³-hybridized carbons (Fsp3) is 0.154. The van der Waals surface area contributed by atoms with Crippen molar-refractivity contribution >= 4 is 29.3 Å². The molecule has 3 rings (SSSR count). The van der Waals surface area contributed by atoms with Crippen molar-refractivity contribution in [1.82, 2.24) is 0 Å². The number of carbonyl (C=O) groups excluding carboxylic acids is 4. The first kappa shape index (κ1) is 24.2. The number of ketones is 1. The molecular formula is C26H23NO7. The van der Waals surface area contributed by atoms with E-state index >= 15 is 0 Å². The van der Waals surface area contributed by atoms with Crippen molar-refractivity contribution in [1.29, 1.82) is 0 Å². The van der Waals surface area contributed by atoms with Gasteiger partial charge >= 0.3 is 11.9 Å². The lowest BCUT2D eigenvalue weighted by Gasteiger charge is -2.10. The van der Waals surface area contributed by atoms with Crippen LogP contribution in [0.25, 0.3) is 0 Å². The van der Waals surface area contributed by atoms with Gasteiger partial charge in [0.05, 0.1) is 5.56 Å². The van der Waals surface area contributed by atoms with E-state index in [0.29, 0.717) is 22.7 Å². The Kier molecular flexibility index (Phi) is 8.12. The predicted molar refractivity (Wildman–Crippen MR) is 124 cm³/mol. The van der Waals surface area contributed by atoms with Gasteiger partial charge in [0.15, 0.2) is 19.0 Å². The summed E-state index contributed by atoms with van der Waals surface area (Å²) in [4.78, 5) is 47.8. The first-order valence-corrected chi connectivity index (χ1v) is 10.4. The van der Waals surface area contributed by atoms with Crippen molar-refractivity contribution in [3.05, 3.63) is 89.5 Å². The van der Waals surface area contributed by atoms with Crippen LogP contribution in [0.1, 0.15) is 33.2 Å². The minimum atomic E-state index is -0.711. The molecule has 0 unspecified atom stereocenters. The number of ether oxygens (including phenoxy) is 3. The van der Waals surface area contributed by atoms with E-state index in [1.807, 2.05) is 25.1 Å². The number of aryl methyl sites for hydroxylation is 1. The van der Waals surface area contributed by atoms with Crippen molar-refractivity contribution < 1.29 is 33.4 Å². The van der Waals surface area contributed by atoms with E-state index in [4.69, 9.17) is 14.2 Å². The van der Waals surface area contributed by atoms with Crippen LogP contribution >= 0.6 is 0 Å².